The Hall–Kier alpha value is -3.49. The van der Waals surface area contributed by atoms with Crippen molar-refractivity contribution in [2.75, 3.05) is 6.61 Å². The van der Waals surface area contributed by atoms with Gasteiger partial charge in [-0.05, 0) is 41.5 Å². The fraction of sp³-hybridized carbons (Fsp3) is 0.400. The molecule has 0 spiro atoms. The molecular formula is C25H26F2N2O5. The van der Waals surface area contributed by atoms with Crippen molar-refractivity contribution in [3.05, 3.63) is 59.7 Å². The molecule has 1 saturated carbocycles. The summed E-state index contributed by atoms with van der Waals surface area (Å²) in [5.74, 6) is -2.27. The van der Waals surface area contributed by atoms with Crippen molar-refractivity contribution in [3.8, 4) is 11.1 Å². The first-order valence-electron chi connectivity index (χ1n) is 11.2. The third-order valence-corrected chi connectivity index (χ3v) is 6.57. The average molecular weight is 472 g/mol. The molecule has 0 saturated heterocycles. The maximum atomic E-state index is 13.1. The molecule has 0 aromatic heterocycles. The SMILES string of the molecule is O=C(O)CC(NC(=O)CC1(NC(=O)OCC2c3ccccc3-c3ccccc32)CCC1)C(F)F. The highest BCUT2D eigenvalue weighted by molar-refractivity contribution is 5.81. The monoisotopic (exact) mass is 472 g/mol. The lowest BCUT2D eigenvalue weighted by Gasteiger charge is -2.41. The van der Waals surface area contributed by atoms with E-state index < -0.39 is 42.4 Å². The molecule has 1 atom stereocenters. The van der Waals surface area contributed by atoms with Crippen LogP contribution in [0.15, 0.2) is 48.5 Å². The molecule has 34 heavy (non-hydrogen) atoms. The first-order valence-corrected chi connectivity index (χ1v) is 11.2. The summed E-state index contributed by atoms with van der Waals surface area (Å²) < 4.78 is 31.6. The second-order valence-corrected chi connectivity index (χ2v) is 8.87. The van der Waals surface area contributed by atoms with Crippen LogP contribution in [0.4, 0.5) is 13.6 Å². The highest BCUT2D eigenvalue weighted by Crippen LogP contribution is 2.44. The number of hydrogen-bond donors (Lipinski definition) is 3. The molecule has 1 unspecified atom stereocenters. The summed E-state index contributed by atoms with van der Waals surface area (Å²) in [5.41, 5.74) is 3.47. The molecule has 3 N–H and O–H groups in total. The zero-order chi connectivity index (χ0) is 24.3. The van der Waals surface area contributed by atoms with Crippen molar-refractivity contribution >= 4 is 18.0 Å². The molecule has 4 rings (SSSR count). The number of amides is 2. The highest BCUT2D eigenvalue weighted by Gasteiger charge is 2.42. The van der Waals surface area contributed by atoms with E-state index in [9.17, 15) is 23.2 Å². The largest absolute Gasteiger partial charge is 0.481 e. The van der Waals surface area contributed by atoms with Crippen LogP contribution in [0.25, 0.3) is 11.1 Å². The molecule has 9 heteroatoms. The second-order valence-electron chi connectivity index (χ2n) is 8.87. The number of carboxylic acid groups (broad SMARTS) is 1. The van der Waals surface area contributed by atoms with Crippen molar-refractivity contribution in [2.24, 2.45) is 0 Å². The number of carbonyl (C=O) groups excluding carboxylic acids is 2. The van der Waals surface area contributed by atoms with E-state index >= 15 is 0 Å². The van der Waals surface area contributed by atoms with Crippen molar-refractivity contribution in [2.45, 2.75) is 56.0 Å². The molecule has 180 valence electrons. The molecule has 2 aliphatic carbocycles. The minimum Gasteiger partial charge on any atom is -0.481 e. The lowest BCUT2D eigenvalue weighted by atomic mass is 9.74. The number of fused-ring (bicyclic) bond motifs is 3. The Kier molecular flexibility index (Phi) is 6.81. The number of alkyl halides is 2. The number of rotatable bonds is 9. The number of alkyl carbamates (subject to hydrolysis) is 1. The van der Waals surface area contributed by atoms with E-state index in [1.807, 2.05) is 48.5 Å². The topological polar surface area (TPSA) is 105 Å². The van der Waals surface area contributed by atoms with Gasteiger partial charge in [-0.1, -0.05) is 48.5 Å². The molecule has 0 aliphatic heterocycles. The van der Waals surface area contributed by atoms with Gasteiger partial charge in [0, 0.05) is 12.3 Å². The van der Waals surface area contributed by atoms with Crippen LogP contribution in [-0.4, -0.2) is 47.7 Å². The lowest BCUT2D eigenvalue weighted by molar-refractivity contribution is -0.139. The Morgan fingerprint density at radius 2 is 1.62 bits per heavy atom. The van der Waals surface area contributed by atoms with Crippen LogP contribution in [0.1, 0.15) is 49.1 Å². The van der Waals surface area contributed by atoms with Crippen LogP contribution in [0.3, 0.4) is 0 Å². The Balaban J connectivity index is 1.36. The van der Waals surface area contributed by atoms with Gasteiger partial charge >= 0.3 is 12.1 Å². The minimum atomic E-state index is -3.01. The van der Waals surface area contributed by atoms with Crippen LogP contribution in [0.2, 0.25) is 0 Å². The lowest BCUT2D eigenvalue weighted by Crippen LogP contribution is -2.57. The Labute approximate surface area is 195 Å². The summed E-state index contributed by atoms with van der Waals surface area (Å²) in [5, 5.41) is 13.6. The van der Waals surface area contributed by atoms with Crippen LogP contribution in [0.5, 0.6) is 0 Å². The molecule has 2 amide bonds. The summed E-state index contributed by atoms with van der Waals surface area (Å²) in [6, 6.07) is 14.1. The van der Waals surface area contributed by atoms with Crippen molar-refractivity contribution in [3.63, 3.8) is 0 Å². The smallest absolute Gasteiger partial charge is 0.407 e. The number of aliphatic carboxylic acids is 1. The first-order chi connectivity index (χ1) is 16.3. The van der Waals surface area contributed by atoms with Gasteiger partial charge in [-0.25, -0.2) is 13.6 Å². The number of ether oxygens (including phenoxy) is 1. The Bertz CT molecular complexity index is 1040. The van der Waals surface area contributed by atoms with Crippen LogP contribution < -0.4 is 10.6 Å². The zero-order valence-electron chi connectivity index (χ0n) is 18.4. The molecule has 1 fully saturated rings. The summed E-state index contributed by atoms with van der Waals surface area (Å²) >= 11 is 0. The van der Waals surface area contributed by atoms with Gasteiger partial charge in [0.2, 0.25) is 5.91 Å². The number of nitrogens with one attached hydrogen (secondary N) is 2. The van der Waals surface area contributed by atoms with Gasteiger partial charge in [0.25, 0.3) is 6.43 Å². The Morgan fingerprint density at radius 1 is 1.03 bits per heavy atom. The van der Waals surface area contributed by atoms with Gasteiger partial charge in [-0.3, -0.25) is 9.59 Å². The number of hydrogen-bond acceptors (Lipinski definition) is 4. The summed E-state index contributed by atoms with van der Waals surface area (Å²) in [6.07, 6.45) is -3.01. The van der Waals surface area contributed by atoms with E-state index in [0.717, 1.165) is 28.7 Å². The van der Waals surface area contributed by atoms with Gasteiger partial charge < -0.3 is 20.5 Å². The minimum absolute atomic E-state index is 0.110. The third kappa shape index (κ3) is 5.03. The molecule has 0 bridgehead atoms. The van der Waals surface area contributed by atoms with Gasteiger partial charge in [-0.15, -0.1) is 0 Å². The highest BCUT2D eigenvalue weighted by atomic mass is 19.3. The van der Waals surface area contributed by atoms with E-state index in [4.69, 9.17) is 9.84 Å². The van der Waals surface area contributed by atoms with E-state index in [0.29, 0.717) is 12.8 Å². The standard InChI is InChI=1S/C25H26F2N2O5/c26-23(27)20(12-22(31)32)28-21(30)13-25(10-5-11-25)29-24(33)34-14-19-17-8-3-1-6-15(17)16-7-2-4-9-18(16)19/h1-4,6-9,19-20,23H,5,10-14H2,(H,28,30)(H,29,33)(H,31,32). The van der Waals surface area contributed by atoms with Gasteiger partial charge in [-0.2, -0.15) is 0 Å². The summed E-state index contributed by atoms with van der Waals surface area (Å²) in [4.78, 5) is 35.7. The number of carboxylic acids is 1. The quantitative estimate of drug-likeness (QED) is 0.511. The van der Waals surface area contributed by atoms with Gasteiger partial charge in [0.15, 0.2) is 0 Å². The number of benzene rings is 2. The van der Waals surface area contributed by atoms with E-state index in [1.54, 1.807) is 0 Å². The maximum Gasteiger partial charge on any atom is 0.407 e. The predicted octanol–water partition coefficient (Wildman–Crippen LogP) is 4.06. The first kappa shape index (κ1) is 23.7. The van der Waals surface area contributed by atoms with Gasteiger partial charge in [0.05, 0.1) is 12.0 Å². The van der Waals surface area contributed by atoms with Crippen molar-refractivity contribution in [1.29, 1.82) is 0 Å². The fourth-order valence-electron chi connectivity index (χ4n) is 4.76. The fourth-order valence-corrected chi connectivity index (χ4v) is 4.76. The van der Waals surface area contributed by atoms with Crippen molar-refractivity contribution < 1.29 is 33.0 Å². The molecule has 7 nitrogen and oxygen atoms in total. The maximum absolute atomic E-state index is 13.1. The van der Waals surface area contributed by atoms with Gasteiger partial charge in [0.1, 0.15) is 12.6 Å². The second kappa shape index (κ2) is 9.79. The molecule has 2 aromatic rings. The summed E-state index contributed by atoms with van der Waals surface area (Å²) in [7, 11) is 0. The van der Waals surface area contributed by atoms with Crippen LogP contribution in [0, 0.1) is 0 Å². The van der Waals surface area contributed by atoms with Crippen LogP contribution >= 0.6 is 0 Å². The predicted molar refractivity (Wildman–Crippen MR) is 120 cm³/mol. The molecule has 0 radical (unpaired) electrons. The number of halogens is 2. The normalized spacial score (nSPS) is 16.7. The van der Waals surface area contributed by atoms with Crippen molar-refractivity contribution in [1.82, 2.24) is 10.6 Å². The van der Waals surface area contributed by atoms with Crippen LogP contribution in [-0.2, 0) is 14.3 Å². The molecule has 2 aromatic carbocycles. The average Bonchev–Trinajstić information content (AvgIpc) is 3.09. The molecule has 2 aliphatic rings. The Morgan fingerprint density at radius 3 is 2.12 bits per heavy atom. The van der Waals surface area contributed by atoms with E-state index in [-0.39, 0.29) is 18.9 Å². The number of carbonyl (C=O) groups is 3. The summed E-state index contributed by atoms with van der Waals surface area (Å²) in [6.45, 7) is 0.119. The third-order valence-electron chi connectivity index (χ3n) is 6.57. The van der Waals surface area contributed by atoms with E-state index in [1.165, 1.54) is 0 Å². The molecular weight excluding hydrogens is 446 g/mol. The zero-order valence-corrected chi connectivity index (χ0v) is 18.4. The molecule has 0 heterocycles. The van der Waals surface area contributed by atoms with E-state index in [2.05, 4.69) is 10.6 Å².